The third kappa shape index (κ3) is 8.42. The van der Waals surface area contributed by atoms with Gasteiger partial charge in [0, 0.05) is 32.3 Å². The maximum Gasteiger partial charge on any atom is 0.306 e. The van der Waals surface area contributed by atoms with Crippen LogP contribution in [0, 0.1) is 6.92 Å². The highest BCUT2D eigenvalue weighted by atomic mass is 16.6. The Morgan fingerprint density at radius 1 is 1.03 bits per heavy atom. The molecule has 3 aromatic rings. The number of carbonyl (C=O) groups is 2. The van der Waals surface area contributed by atoms with Gasteiger partial charge in [0.05, 0.1) is 18.3 Å². The van der Waals surface area contributed by atoms with Crippen LogP contribution in [0.15, 0.2) is 36.7 Å². The van der Waals surface area contributed by atoms with Crippen LogP contribution in [-0.2, 0) is 35.6 Å². The zero-order valence-electron chi connectivity index (χ0n) is 20.3. The van der Waals surface area contributed by atoms with E-state index in [1.165, 1.54) is 0 Å². The first-order valence-corrected chi connectivity index (χ1v) is 11.5. The third-order valence-electron chi connectivity index (χ3n) is 4.92. The molecule has 34 heavy (non-hydrogen) atoms. The summed E-state index contributed by atoms with van der Waals surface area (Å²) in [5.74, 6) is -0.479. The Morgan fingerprint density at radius 2 is 1.74 bits per heavy atom. The molecule has 182 valence electrons. The van der Waals surface area contributed by atoms with Gasteiger partial charge in [-0.2, -0.15) is 0 Å². The molecular formula is C24H33N7O3. The minimum absolute atomic E-state index is 0.238. The number of nitrogens with one attached hydrogen (secondary N) is 1. The molecule has 0 atom stereocenters. The van der Waals surface area contributed by atoms with Crippen molar-refractivity contribution in [2.75, 3.05) is 0 Å². The average Bonchev–Trinajstić information content (AvgIpc) is 3.42. The fourth-order valence-corrected chi connectivity index (χ4v) is 3.34. The van der Waals surface area contributed by atoms with E-state index in [4.69, 9.17) is 4.74 Å². The van der Waals surface area contributed by atoms with Gasteiger partial charge < -0.3 is 10.1 Å². The van der Waals surface area contributed by atoms with Gasteiger partial charge >= 0.3 is 5.97 Å². The normalized spacial score (nSPS) is 11.4. The summed E-state index contributed by atoms with van der Waals surface area (Å²) in [5.41, 5.74) is 2.79. The van der Waals surface area contributed by atoms with Crippen LogP contribution in [0.25, 0.3) is 0 Å². The molecule has 0 aliphatic heterocycles. The monoisotopic (exact) mass is 467 g/mol. The molecule has 0 saturated carbocycles. The second kappa shape index (κ2) is 11.5. The molecule has 0 spiro atoms. The SMILES string of the molecule is Cc1cccc(CNC(=O)c2cn(CCCCn3cc(CCC(=O)OC(C)(C)C)nn3)nn2)c1. The highest BCUT2D eigenvalue weighted by molar-refractivity contribution is 5.91. The molecule has 1 amide bonds. The molecule has 2 aromatic heterocycles. The van der Waals surface area contributed by atoms with E-state index in [0.717, 1.165) is 29.7 Å². The average molecular weight is 468 g/mol. The number of ether oxygens (including phenoxy) is 1. The zero-order chi connectivity index (χ0) is 24.6. The largest absolute Gasteiger partial charge is 0.460 e. The molecular weight excluding hydrogens is 434 g/mol. The summed E-state index contributed by atoms with van der Waals surface area (Å²) in [6.45, 7) is 9.38. The van der Waals surface area contributed by atoms with Crippen LogP contribution in [0.4, 0.5) is 0 Å². The predicted molar refractivity (Wildman–Crippen MR) is 126 cm³/mol. The van der Waals surface area contributed by atoms with Gasteiger partial charge in [-0.15, -0.1) is 10.2 Å². The molecule has 0 aliphatic carbocycles. The Hall–Kier alpha value is -3.56. The van der Waals surface area contributed by atoms with E-state index in [9.17, 15) is 9.59 Å². The summed E-state index contributed by atoms with van der Waals surface area (Å²) in [6, 6.07) is 8.00. The number of unbranched alkanes of at least 4 members (excludes halogenated alkanes) is 1. The summed E-state index contributed by atoms with van der Waals surface area (Å²) in [4.78, 5) is 24.1. The van der Waals surface area contributed by atoms with E-state index in [-0.39, 0.29) is 18.3 Å². The Bertz CT molecular complexity index is 1100. The van der Waals surface area contributed by atoms with Gasteiger partial charge in [0.25, 0.3) is 5.91 Å². The number of hydrogen-bond acceptors (Lipinski definition) is 7. The van der Waals surface area contributed by atoms with Crippen LogP contribution in [0.3, 0.4) is 0 Å². The second-order valence-electron chi connectivity index (χ2n) is 9.31. The number of esters is 1. The lowest BCUT2D eigenvalue weighted by Crippen LogP contribution is -2.24. The second-order valence-corrected chi connectivity index (χ2v) is 9.31. The minimum Gasteiger partial charge on any atom is -0.460 e. The van der Waals surface area contributed by atoms with Crippen LogP contribution < -0.4 is 5.32 Å². The van der Waals surface area contributed by atoms with Gasteiger partial charge in [0.1, 0.15) is 5.60 Å². The fraction of sp³-hybridized carbons (Fsp3) is 0.500. The van der Waals surface area contributed by atoms with Crippen molar-refractivity contribution in [2.24, 2.45) is 0 Å². The quantitative estimate of drug-likeness (QED) is 0.340. The van der Waals surface area contributed by atoms with E-state index in [2.05, 4.69) is 25.9 Å². The van der Waals surface area contributed by atoms with E-state index in [1.54, 1.807) is 15.6 Å². The maximum absolute atomic E-state index is 12.3. The van der Waals surface area contributed by atoms with Crippen molar-refractivity contribution in [3.63, 3.8) is 0 Å². The van der Waals surface area contributed by atoms with Crippen molar-refractivity contribution < 1.29 is 14.3 Å². The highest BCUT2D eigenvalue weighted by Crippen LogP contribution is 2.10. The molecule has 0 aliphatic rings. The maximum atomic E-state index is 12.3. The standard InChI is InChI=1S/C24H33N7O3/c1-18-8-7-9-19(14-18)15-25-23(33)21-17-31(29-27-21)13-6-5-12-30-16-20(26-28-30)10-11-22(32)34-24(2,3)4/h7-9,14,16-17H,5-6,10-13,15H2,1-4H3,(H,25,33). The first-order chi connectivity index (χ1) is 16.2. The number of carbonyl (C=O) groups excluding carboxylic acids is 2. The molecule has 10 nitrogen and oxygen atoms in total. The van der Waals surface area contributed by atoms with Crippen LogP contribution in [0.2, 0.25) is 0 Å². The molecule has 10 heteroatoms. The number of benzene rings is 1. The summed E-state index contributed by atoms with van der Waals surface area (Å²) in [5, 5.41) is 19.1. The molecule has 0 radical (unpaired) electrons. The predicted octanol–water partition coefficient (Wildman–Crippen LogP) is 2.86. The van der Waals surface area contributed by atoms with Gasteiger partial charge in [-0.05, 0) is 46.1 Å². The Labute approximate surface area is 199 Å². The molecule has 0 saturated heterocycles. The van der Waals surface area contributed by atoms with E-state index in [1.807, 2.05) is 58.2 Å². The lowest BCUT2D eigenvalue weighted by atomic mass is 10.1. The van der Waals surface area contributed by atoms with Crippen LogP contribution in [0.5, 0.6) is 0 Å². The van der Waals surface area contributed by atoms with Crippen LogP contribution in [0.1, 0.15) is 67.3 Å². The number of rotatable bonds is 11. The van der Waals surface area contributed by atoms with Gasteiger partial charge in [-0.3, -0.25) is 19.0 Å². The lowest BCUT2D eigenvalue weighted by molar-refractivity contribution is -0.154. The summed E-state index contributed by atoms with van der Waals surface area (Å²) < 4.78 is 8.76. The topological polar surface area (TPSA) is 117 Å². The van der Waals surface area contributed by atoms with Gasteiger partial charge in [-0.1, -0.05) is 40.3 Å². The van der Waals surface area contributed by atoms with Crippen molar-refractivity contribution in [3.05, 3.63) is 59.2 Å². The summed E-state index contributed by atoms with van der Waals surface area (Å²) in [6.07, 6.45) is 6.02. The number of aromatic nitrogens is 6. The molecule has 3 rings (SSSR count). The molecule has 0 fully saturated rings. The third-order valence-corrected chi connectivity index (χ3v) is 4.92. The Morgan fingerprint density at radius 3 is 2.44 bits per heavy atom. The van der Waals surface area contributed by atoms with Crippen LogP contribution >= 0.6 is 0 Å². The van der Waals surface area contributed by atoms with Crippen molar-refractivity contribution in [1.29, 1.82) is 0 Å². The van der Waals surface area contributed by atoms with Crippen molar-refractivity contribution in [1.82, 2.24) is 35.3 Å². The lowest BCUT2D eigenvalue weighted by Gasteiger charge is -2.19. The Balaban J connectivity index is 1.35. The van der Waals surface area contributed by atoms with E-state index >= 15 is 0 Å². The van der Waals surface area contributed by atoms with Crippen LogP contribution in [-0.4, -0.2) is 47.5 Å². The summed E-state index contributed by atoms with van der Waals surface area (Å²) >= 11 is 0. The minimum atomic E-state index is -0.481. The first-order valence-electron chi connectivity index (χ1n) is 11.5. The molecule has 0 bridgehead atoms. The van der Waals surface area contributed by atoms with E-state index in [0.29, 0.717) is 31.7 Å². The summed E-state index contributed by atoms with van der Waals surface area (Å²) in [7, 11) is 0. The first kappa shape index (κ1) is 25.1. The van der Waals surface area contributed by atoms with Gasteiger partial charge in [0.15, 0.2) is 5.69 Å². The number of nitrogens with zero attached hydrogens (tertiary/aromatic N) is 6. The smallest absolute Gasteiger partial charge is 0.306 e. The molecule has 0 unspecified atom stereocenters. The number of amides is 1. The fourth-order valence-electron chi connectivity index (χ4n) is 3.34. The van der Waals surface area contributed by atoms with E-state index < -0.39 is 5.60 Å². The molecule has 1 N–H and O–H groups in total. The number of hydrogen-bond donors (Lipinski definition) is 1. The Kier molecular flexibility index (Phi) is 8.50. The zero-order valence-corrected chi connectivity index (χ0v) is 20.3. The number of aryl methyl sites for hydroxylation is 4. The van der Waals surface area contributed by atoms with Crippen molar-refractivity contribution in [2.45, 2.75) is 78.6 Å². The molecule has 1 aromatic carbocycles. The van der Waals surface area contributed by atoms with Crippen molar-refractivity contribution >= 4 is 11.9 Å². The van der Waals surface area contributed by atoms with Gasteiger partial charge in [0.2, 0.25) is 0 Å². The highest BCUT2D eigenvalue weighted by Gasteiger charge is 2.16. The van der Waals surface area contributed by atoms with Crippen molar-refractivity contribution in [3.8, 4) is 0 Å². The van der Waals surface area contributed by atoms with Gasteiger partial charge in [-0.25, -0.2) is 0 Å². The molecule has 2 heterocycles.